The summed E-state index contributed by atoms with van der Waals surface area (Å²) in [6.07, 6.45) is 1.72. The Bertz CT molecular complexity index is 305. The van der Waals surface area contributed by atoms with Crippen molar-refractivity contribution in [2.24, 2.45) is 11.3 Å². The molecule has 20 heavy (non-hydrogen) atoms. The normalized spacial score (nSPS) is 28.9. The van der Waals surface area contributed by atoms with Crippen LogP contribution < -0.4 is 5.32 Å². The molecule has 1 aliphatic carbocycles. The van der Waals surface area contributed by atoms with Crippen molar-refractivity contribution in [3.05, 3.63) is 0 Å². The van der Waals surface area contributed by atoms with Crippen molar-refractivity contribution in [1.29, 1.82) is 0 Å². The quantitative estimate of drug-likeness (QED) is 0.854. The van der Waals surface area contributed by atoms with Gasteiger partial charge in [0.1, 0.15) is 0 Å². The summed E-state index contributed by atoms with van der Waals surface area (Å²) < 4.78 is 37.0. The van der Waals surface area contributed by atoms with Crippen LogP contribution in [0, 0.1) is 11.3 Å². The summed E-state index contributed by atoms with van der Waals surface area (Å²) in [5.74, 6) is 0.382. The van der Waals surface area contributed by atoms with Gasteiger partial charge in [0, 0.05) is 12.6 Å². The van der Waals surface area contributed by atoms with E-state index in [1.165, 1.54) is 30.6 Å². The van der Waals surface area contributed by atoms with Gasteiger partial charge < -0.3 is 5.32 Å². The van der Waals surface area contributed by atoms with Crippen LogP contribution in [0.1, 0.15) is 46.0 Å². The van der Waals surface area contributed by atoms with Crippen LogP contribution in [-0.2, 0) is 0 Å². The highest BCUT2D eigenvalue weighted by molar-refractivity contribution is 4.84. The van der Waals surface area contributed by atoms with E-state index in [1.807, 2.05) is 0 Å². The number of hydrogen-bond donors (Lipinski definition) is 1. The average molecular weight is 292 g/mol. The van der Waals surface area contributed by atoms with Crippen molar-refractivity contribution in [1.82, 2.24) is 10.2 Å². The van der Waals surface area contributed by atoms with E-state index in [2.05, 4.69) is 19.2 Å². The van der Waals surface area contributed by atoms with Gasteiger partial charge in [0.25, 0.3) is 0 Å². The zero-order chi connectivity index (χ0) is 14.8. The Morgan fingerprint density at radius 2 is 1.80 bits per heavy atom. The molecule has 1 N–H and O–H groups in total. The van der Waals surface area contributed by atoms with Crippen molar-refractivity contribution in [3.8, 4) is 0 Å². The van der Waals surface area contributed by atoms with Gasteiger partial charge in [-0.1, -0.05) is 13.8 Å². The molecular weight excluding hydrogens is 265 g/mol. The zero-order valence-electron chi connectivity index (χ0n) is 12.6. The molecule has 2 rings (SSSR count). The molecule has 0 amide bonds. The molecule has 0 spiro atoms. The Hall–Kier alpha value is -0.290. The lowest BCUT2D eigenvalue weighted by molar-refractivity contribution is -0.143. The third-order valence-electron chi connectivity index (χ3n) is 4.81. The number of halogens is 3. The van der Waals surface area contributed by atoms with Crippen molar-refractivity contribution in [3.63, 3.8) is 0 Å². The summed E-state index contributed by atoms with van der Waals surface area (Å²) in [7, 11) is 0. The monoisotopic (exact) mass is 292 g/mol. The summed E-state index contributed by atoms with van der Waals surface area (Å²) in [6.45, 7) is 5.93. The lowest BCUT2D eigenvalue weighted by Crippen LogP contribution is -2.39. The summed E-state index contributed by atoms with van der Waals surface area (Å²) >= 11 is 0. The lowest BCUT2D eigenvalue weighted by Gasteiger charge is -2.35. The van der Waals surface area contributed by atoms with Gasteiger partial charge >= 0.3 is 6.18 Å². The zero-order valence-corrected chi connectivity index (χ0v) is 12.6. The van der Waals surface area contributed by atoms with Gasteiger partial charge in [0.15, 0.2) is 0 Å². The summed E-state index contributed by atoms with van der Waals surface area (Å²) in [6, 6.07) is 0.569. The topological polar surface area (TPSA) is 15.3 Å². The number of rotatable bonds is 4. The molecule has 0 aromatic rings. The molecule has 1 atom stereocenters. The van der Waals surface area contributed by atoms with Crippen LogP contribution in [0.15, 0.2) is 0 Å². The average Bonchev–Trinajstić information content (AvgIpc) is 2.73. The molecule has 0 radical (unpaired) electrons. The van der Waals surface area contributed by atoms with Crippen LogP contribution >= 0.6 is 0 Å². The number of nitrogens with zero attached hydrogens (tertiary/aromatic N) is 1. The molecule has 0 aromatic heterocycles. The molecule has 2 nitrogen and oxygen atoms in total. The second-order valence-electron chi connectivity index (χ2n) is 7.35. The van der Waals surface area contributed by atoms with Gasteiger partial charge in [-0.3, -0.25) is 4.90 Å². The van der Waals surface area contributed by atoms with Crippen LogP contribution in [0.2, 0.25) is 0 Å². The minimum absolute atomic E-state index is 0.382. The first-order valence-corrected chi connectivity index (χ1v) is 7.76. The van der Waals surface area contributed by atoms with Crippen LogP contribution in [0.25, 0.3) is 0 Å². The van der Waals surface area contributed by atoms with E-state index in [1.54, 1.807) is 0 Å². The standard InChI is InChI=1S/C15H27F3N2/c1-14(2)6-3-13(4-7-14)19-9-12-5-8-20(10-12)11-15(16,17)18/h12-13,19H,3-11H2,1-2H3. The highest BCUT2D eigenvalue weighted by atomic mass is 19.4. The predicted octanol–water partition coefficient (Wildman–Crippen LogP) is 3.43. The molecule has 0 bridgehead atoms. The fraction of sp³-hybridized carbons (Fsp3) is 1.00. The van der Waals surface area contributed by atoms with Gasteiger partial charge in [-0.2, -0.15) is 13.2 Å². The number of likely N-dealkylation sites (tertiary alicyclic amines) is 1. The SMILES string of the molecule is CC1(C)CCC(NCC2CCN(CC(F)(F)F)C2)CC1. The van der Waals surface area contributed by atoms with Crippen molar-refractivity contribution in [2.45, 2.75) is 58.2 Å². The van der Waals surface area contributed by atoms with Crippen molar-refractivity contribution >= 4 is 0 Å². The second-order valence-corrected chi connectivity index (χ2v) is 7.35. The Balaban J connectivity index is 1.64. The maximum absolute atomic E-state index is 12.3. The largest absolute Gasteiger partial charge is 0.401 e. The van der Waals surface area contributed by atoms with Gasteiger partial charge in [0.2, 0.25) is 0 Å². The highest BCUT2D eigenvalue weighted by Crippen LogP contribution is 2.35. The van der Waals surface area contributed by atoms with Crippen LogP contribution in [0.3, 0.4) is 0 Å². The van der Waals surface area contributed by atoms with Gasteiger partial charge in [0.05, 0.1) is 6.54 Å². The Morgan fingerprint density at radius 1 is 1.15 bits per heavy atom. The van der Waals surface area contributed by atoms with Gasteiger partial charge in [-0.15, -0.1) is 0 Å². The first kappa shape index (κ1) is 16.1. The van der Waals surface area contributed by atoms with E-state index >= 15 is 0 Å². The van der Waals surface area contributed by atoms with Gasteiger partial charge in [-0.25, -0.2) is 0 Å². The molecule has 2 aliphatic rings. The second kappa shape index (κ2) is 6.22. The molecule has 1 saturated carbocycles. The van der Waals surface area contributed by atoms with E-state index in [9.17, 15) is 13.2 Å². The molecule has 2 fully saturated rings. The molecular formula is C15H27F3N2. The fourth-order valence-corrected chi connectivity index (χ4v) is 3.41. The maximum Gasteiger partial charge on any atom is 0.401 e. The smallest absolute Gasteiger partial charge is 0.314 e. The van der Waals surface area contributed by atoms with Crippen LogP contribution in [0.4, 0.5) is 13.2 Å². The molecule has 1 aliphatic heterocycles. The molecule has 1 saturated heterocycles. The Kier molecular flexibility index (Phi) is 5.00. The van der Waals surface area contributed by atoms with E-state index in [4.69, 9.17) is 0 Å². The molecule has 1 heterocycles. The molecule has 118 valence electrons. The van der Waals surface area contributed by atoms with Crippen molar-refractivity contribution < 1.29 is 13.2 Å². The van der Waals surface area contributed by atoms with E-state index in [0.29, 0.717) is 30.5 Å². The number of hydrogen-bond acceptors (Lipinski definition) is 2. The van der Waals surface area contributed by atoms with Gasteiger partial charge in [-0.05, 0) is 56.5 Å². The third-order valence-corrected chi connectivity index (χ3v) is 4.81. The van der Waals surface area contributed by atoms with Crippen LogP contribution in [-0.4, -0.2) is 43.3 Å². The predicted molar refractivity (Wildman–Crippen MR) is 74.6 cm³/mol. The molecule has 5 heteroatoms. The third kappa shape index (κ3) is 5.24. The highest BCUT2D eigenvalue weighted by Gasteiger charge is 2.34. The summed E-state index contributed by atoms with van der Waals surface area (Å²) in [4.78, 5) is 1.54. The molecule has 0 aromatic carbocycles. The summed E-state index contributed by atoms with van der Waals surface area (Å²) in [5, 5.41) is 3.58. The Morgan fingerprint density at radius 3 is 2.40 bits per heavy atom. The lowest BCUT2D eigenvalue weighted by atomic mass is 9.75. The maximum atomic E-state index is 12.3. The number of alkyl halides is 3. The van der Waals surface area contributed by atoms with E-state index < -0.39 is 12.7 Å². The number of nitrogens with one attached hydrogen (secondary N) is 1. The fourth-order valence-electron chi connectivity index (χ4n) is 3.41. The summed E-state index contributed by atoms with van der Waals surface area (Å²) in [5.41, 5.74) is 0.467. The van der Waals surface area contributed by atoms with Crippen LogP contribution in [0.5, 0.6) is 0 Å². The first-order valence-electron chi connectivity index (χ1n) is 7.76. The first-order chi connectivity index (χ1) is 9.23. The van der Waals surface area contributed by atoms with Crippen molar-refractivity contribution in [2.75, 3.05) is 26.2 Å². The van der Waals surface area contributed by atoms with E-state index in [0.717, 1.165) is 13.0 Å². The molecule has 1 unspecified atom stereocenters. The van der Waals surface area contributed by atoms with E-state index in [-0.39, 0.29) is 0 Å². The Labute approximate surface area is 120 Å². The minimum atomic E-state index is -4.06. The minimum Gasteiger partial charge on any atom is -0.314 e.